The van der Waals surface area contributed by atoms with E-state index in [1.807, 2.05) is 84.9 Å². The van der Waals surface area contributed by atoms with E-state index in [0.29, 0.717) is 34.1 Å². The van der Waals surface area contributed by atoms with Crippen LogP contribution in [0.15, 0.2) is 121 Å². The number of aryl methyl sites for hydroxylation is 4. The summed E-state index contributed by atoms with van der Waals surface area (Å²) in [5.74, 6) is 0.834. The molecule has 342 valence electrons. The Balaban J connectivity index is 1.07. The van der Waals surface area contributed by atoms with Gasteiger partial charge in [0.05, 0.1) is 11.1 Å². The molecule has 64 heavy (non-hydrogen) atoms. The average molecular weight is 935 g/mol. The highest BCUT2D eigenvalue weighted by Gasteiger charge is 2.34. The van der Waals surface area contributed by atoms with Crippen LogP contribution in [-0.2, 0) is 33.9 Å². The van der Waals surface area contributed by atoms with Crippen molar-refractivity contribution in [2.24, 2.45) is 0 Å². The van der Waals surface area contributed by atoms with Crippen molar-refractivity contribution in [3.63, 3.8) is 0 Å². The molecule has 8 nitrogen and oxygen atoms in total. The van der Waals surface area contributed by atoms with Gasteiger partial charge in [-0.2, -0.15) is 0 Å². The van der Waals surface area contributed by atoms with Crippen LogP contribution in [0.1, 0.15) is 68.7 Å². The lowest BCUT2D eigenvalue weighted by atomic mass is 10.1. The molecule has 0 aliphatic rings. The van der Waals surface area contributed by atoms with E-state index in [9.17, 15) is 19.8 Å². The molecule has 0 bridgehead atoms. The van der Waals surface area contributed by atoms with Gasteiger partial charge in [-0.25, -0.2) is 9.59 Å². The number of ether oxygens (including phenoxy) is 2. The van der Waals surface area contributed by atoms with Gasteiger partial charge in [0.1, 0.15) is 23.0 Å². The van der Waals surface area contributed by atoms with E-state index in [1.54, 1.807) is 36.4 Å². The maximum atomic E-state index is 13.4. The van der Waals surface area contributed by atoms with Gasteiger partial charge in [0.15, 0.2) is 33.3 Å². The van der Waals surface area contributed by atoms with Crippen LogP contribution < -0.4 is 9.47 Å². The molecule has 0 unspecified atom stereocenters. The van der Waals surface area contributed by atoms with Gasteiger partial charge in [0.2, 0.25) is 0 Å². The van der Waals surface area contributed by atoms with Crippen molar-refractivity contribution < 1.29 is 37.5 Å². The van der Waals surface area contributed by atoms with E-state index in [1.165, 1.54) is 0 Å². The Morgan fingerprint density at radius 1 is 0.391 bits per heavy atom. The second-order valence-corrected chi connectivity index (χ2v) is 37.2. The first-order valence-corrected chi connectivity index (χ1v) is 35.4. The summed E-state index contributed by atoms with van der Waals surface area (Å²) < 4.78 is 25.6. The topological polar surface area (TPSA) is 112 Å². The Hall–Kier alpha value is -4.57. The molecule has 5 aromatic carbocycles. The van der Waals surface area contributed by atoms with Crippen molar-refractivity contribution in [2.45, 2.75) is 128 Å². The van der Waals surface area contributed by atoms with Gasteiger partial charge >= 0.3 is 11.9 Å². The van der Waals surface area contributed by atoms with Crippen LogP contribution in [0.2, 0.25) is 76.6 Å². The van der Waals surface area contributed by atoms with Crippen molar-refractivity contribution in [1.82, 2.24) is 0 Å². The number of hydrogen-bond acceptors (Lipinski definition) is 8. The highest BCUT2D eigenvalue weighted by Crippen LogP contribution is 2.30. The number of phenolic OH excluding ortho intramolecular Hbond substituents is 2. The fourth-order valence-electron chi connectivity index (χ4n) is 8.64. The fraction of sp³-hybridized carbons (Fsp3) is 0.385. The first kappa shape index (κ1) is 50.4. The zero-order valence-electron chi connectivity index (χ0n) is 39.4. The molecule has 0 heterocycles. The normalized spacial score (nSPS) is 12.2. The number of carbonyl (C=O) groups excluding carboxylic acids is 2. The second-order valence-electron chi connectivity index (χ2n) is 19.5. The molecule has 2 N–H and O–H groups in total. The molecule has 5 rings (SSSR count). The van der Waals surface area contributed by atoms with Crippen molar-refractivity contribution in [3.05, 3.63) is 155 Å². The predicted molar refractivity (Wildman–Crippen MR) is 270 cm³/mol. The molecule has 0 radical (unpaired) electrons. The first-order valence-electron chi connectivity index (χ1n) is 22.9. The van der Waals surface area contributed by atoms with Gasteiger partial charge in [-0.15, -0.1) is 0 Å². The second kappa shape index (κ2) is 23.1. The highest BCUT2D eigenvalue weighted by molar-refractivity contribution is 6.85. The monoisotopic (exact) mass is 934 g/mol. The van der Waals surface area contributed by atoms with Gasteiger partial charge in [-0.3, -0.25) is 0 Å². The molecule has 0 aromatic heterocycles. The number of carbonyl (C=O) groups is 2. The van der Waals surface area contributed by atoms with Gasteiger partial charge in [-0.1, -0.05) is 72.8 Å². The number of hydrogen-bond donors (Lipinski definition) is 2. The lowest BCUT2D eigenvalue weighted by molar-refractivity contribution is 0.0719. The predicted octanol–water partition coefficient (Wildman–Crippen LogP) is 13.5. The molecule has 0 fully saturated rings. The van der Waals surface area contributed by atoms with E-state index >= 15 is 0 Å². The summed E-state index contributed by atoms with van der Waals surface area (Å²) in [5, 5.41) is 20.3. The van der Waals surface area contributed by atoms with E-state index < -0.39 is 45.2 Å². The van der Waals surface area contributed by atoms with E-state index in [-0.39, 0.29) is 0 Å². The molecule has 5 aromatic rings. The van der Waals surface area contributed by atoms with Gasteiger partial charge in [0.25, 0.3) is 0 Å². The van der Waals surface area contributed by atoms with Crippen LogP contribution >= 0.6 is 0 Å². The number of benzene rings is 5. The summed E-state index contributed by atoms with van der Waals surface area (Å²) in [4.78, 5) is 26.7. The molecular formula is C52H70O8Si4. The summed E-state index contributed by atoms with van der Waals surface area (Å²) >= 11 is 0. The minimum Gasteiger partial charge on any atom is -0.508 e. The minimum atomic E-state index is -1.95. The van der Waals surface area contributed by atoms with E-state index in [2.05, 4.69) is 52.4 Å². The largest absolute Gasteiger partial charge is 0.508 e. The molecule has 0 amide bonds. The zero-order valence-corrected chi connectivity index (χ0v) is 43.4. The van der Waals surface area contributed by atoms with Gasteiger partial charge in [-0.05, 0) is 199 Å². The van der Waals surface area contributed by atoms with Gasteiger partial charge < -0.3 is 27.9 Å². The zero-order chi connectivity index (χ0) is 46.4. The first-order chi connectivity index (χ1) is 30.3. The van der Waals surface area contributed by atoms with E-state index in [4.69, 9.17) is 17.7 Å². The van der Waals surface area contributed by atoms with Crippen LogP contribution in [0.5, 0.6) is 23.0 Å². The summed E-state index contributed by atoms with van der Waals surface area (Å²) in [5.41, 5.74) is 4.62. The number of aromatic hydroxyl groups is 2. The van der Waals surface area contributed by atoms with Crippen molar-refractivity contribution >= 4 is 45.2 Å². The SMILES string of the molecule is C[Si](C)(CCCc1ccccc1O)O[Si](C)(C)CCCc1ccccc1OC(=O)c1ccc(C(=O)Oc2ccccc2CCC[Si](C)(C)O[Si](C)(C)CCCc2ccccc2O)cc1. The molecule has 0 spiro atoms. The molecule has 0 saturated carbocycles. The molecule has 0 atom stereocenters. The summed E-state index contributed by atoms with van der Waals surface area (Å²) in [6.07, 6.45) is 7.05. The van der Waals surface area contributed by atoms with Gasteiger partial charge in [0, 0.05) is 0 Å². The van der Waals surface area contributed by atoms with Crippen LogP contribution in [-0.4, -0.2) is 55.4 Å². The third kappa shape index (κ3) is 16.5. The smallest absolute Gasteiger partial charge is 0.343 e. The molecule has 12 heteroatoms. The Morgan fingerprint density at radius 2 is 0.656 bits per heavy atom. The Kier molecular flexibility index (Phi) is 18.2. The van der Waals surface area contributed by atoms with Crippen LogP contribution in [0.25, 0.3) is 0 Å². The van der Waals surface area contributed by atoms with Crippen LogP contribution in [0.4, 0.5) is 0 Å². The fourth-order valence-corrected chi connectivity index (χ4v) is 26.4. The molecular weight excluding hydrogens is 865 g/mol. The summed E-state index contributed by atoms with van der Waals surface area (Å²) in [7, 11) is -7.70. The standard InChI is InChI=1S/C52H70O8Si4/c1-61(2,37-17-25-41-21-9-13-29-47(41)53)59-63(5,6)39-19-27-43-23-11-15-31-49(43)57-51(55)45-33-35-46(36-34-45)52(56)58-50-32-16-12-24-44(50)28-20-40-64(7,8)60-62(3,4)38-18-26-42-22-10-14-30-48(42)54/h9-16,21-24,29-36,53-54H,17-20,25-28,37-40H2,1-8H3. The average Bonchev–Trinajstić information content (AvgIpc) is 3.22. The number of phenols is 2. The van der Waals surface area contributed by atoms with Crippen molar-refractivity contribution in [2.75, 3.05) is 0 Å². The maximum Gasteiger partial charge on any atom is 0.343 e. The van der Waals surface area contributed by atoms with Crippen LogP contribution in [0, 0.1) is 0 Å². The number of rotatable bonds is 24. The third-order valence-corrected chi connectivity index (χ3v) is 26.8. The lowest BCUT2D eigenvalue weighted by Crippen LogP contribution is -2.44. The number of esters is 2. The number of para-hydroxylation sites is 4. The Morgan fingerprint density at radius 3 is 0.969 bits per heavy atom. The molecule has 0 aliphatic heterocycles. The lowest BCUT2D eigenvalue weighted by Gasteiger charge is -2.34. The quantitative estimate of drug-likeness (QED) is 0.0357. The van der Waals surface area contributed by atoms with E-state index in [0.717, 1.165) is 97.8 Å². The third-order valence-electron chi connectivity index (χ3n) is 11.7. The molecule has 0 saturated heterocycles. The molecule has 0 aliphatic carbocycles. The van der Waals surface area contributed by atoms with Crippen molar-refractivity contribution in [1.29, 1.82) is 0 Å². The Bertz CT molecular complexity index is 2130. The van der Waals surface area contributed by atoms with Crippen molar-refractivity contribution in [3.8, 4) is 23.0 Å². The minimum absolute atomic E-state index is 0.346. The Labute approximate surface area is 386 Å². The maximum absolute atomic E-state index is 13.4. The highest BCUT2D eigenvalue weighted by atomic mass is 28.4. The summed E-state index contributed by atoms with van der Waals surface area (Å²) in [6, 6.07) is 41.0. The summed E-state index contributed by atoms with van der Waals surface area (Å²) in [6.45, 7) is 18.4. The van der Waals surface area contributed by atoms with Crippen LogP contribution in [0.3, 0.4) is 0 Å².